The molecule has 1 N–H and O–H groups in total. The fraction of sp³-hybridized carbons (Fsp3) is 0.211. The van der Waals surface area contributed by atoms with Crippen LogP contribution in [0.2, 0.25) is 0 Å². The van der Waals surface area contributed by atoms with Gasteiger partial charge in [0.1, 0.15) is 0 Å². The van der Waals surface area contributed by atoms with Crippen molar-refractivity contribution in [1.82, 2.24) is 0 Å². The first-order chi connectivity index (χ1) is 11.6. The van der Waals surface area contributed by atoms with Crippen LogP contribution in [0, 0.1) is 0 Å². The van der Waals surface area contributed by atoms with Gasteiger partial charge in [-0.15, -0.1) is 0 Å². The average molecular weight is 391 g/mol. The van der Waals surface area contributed by atoms with E-state index < -0.39 is 5.97 Å². The van der Waals surface area contributed by atoms with Crippen LogP contribution in [-0.4, -0.2) is 24.8 Å². The second-order valence-corrected chi connectivity index (χ2v) is 6.00. The van der Waals surface area contributed by atoms with Crippen molar-refractivity contribution in [3.8, 4) is 11.5 Å². The van der Waals surface area contributed by atoms with Crippen LogP contribution in [0.5, 0.6) is 11.5 Å². The summed E-state index contributed by atoms with van der Waals surface area (Å²) in [4.78, 5) is 10.6. The third kappa shape index (κ3) is 5.42. The number of rotatable bonds is 8. The Balaban J connectivity index is 2.00. The van der Waals surface area contributed by atoms with Crippen LogP contribution in [0.25, 0.3) is 6.08 Å². The molecule has 0 saturated carbocycles. The molecule has 2 aromatic rings. The lowest BCUT2D eigenvalue weighted by Gasteiger charge is -2.13. The van der Waals surface area contributed by atoms with Crippen molar-refractivity contribution in [3.63, 3.8) is 0 Å². The van der Waals surface area contributed by atoms with Crippen LogP contribution in [0.15, 0.2) is 53.0 Å². The summed E-state index contributed by atoms with van der Waals surface area (Å²) in [5, 5.41) is 8.71. The van der Waals surface area contributed by atoms with Gasteiger partial charge in [0.2, 0.25) is 0 Å². The molecule has 5 heteroatoms. The maximum Gasteiger partial charge on any atom is 0.328 e. The molecule has 0 atom stereocenters. The van der Waals surface area contributed by atoms with Gasteiger partial charge in [0.25, 0.3) is 0 Å². The quantitative estimate of drug-likeness (QED) is 0.529. The molecule has 0 aliphatic carbocycles. The fourth-order valence-electron chi connectivity index (χ4n) is 2.24. The van der Waals surface area contributed by atoms with Gasteiger partial charge in [-0.2, -0.15) is 0 Å². The molecule has 0 amide bonds. The van der Waals surface area contributed by atoms with Crippen LogP contribution in [0.4, 0.5) is 0 Å². The Morgan fingerprint density at radius 2 is 2.00 bits per heavy atom. The molecule has 2 aromatic carbocycles. The number of ether oxygens (including phenoxy) is 2. The van der Waals surface area contributed by atoms with Gasteiger partial charge in [0.05, 0.1) is 18.2 Å². The van der Waals surface area contributed by atoms with Gasteiger partial charge in [0, 0.05) is 6.08 Å². The van der Waals surface area contributed by atoms with Crippen molar-refractivity contribution in [2.75, 3.05) is 13.7 Å². The summed E-state index contributed by atoms with van der Waals surface area (Å²) < 4.78 is 11.9. The van der Waals surface area contributed by atoms with Crippen LogP contribution >= 0.6 is 15.9 Å². The van der Waals surface area contributed by atoms with Crippen LogP contribution in [-0.2, 0) is 11.2 Å². The van der Waals surface area contributed by atoms with E-state index in [9.17, 15) is 4.79 Å². The highest BCUT2D eigenvalue weighted by Crippen LogP contribution is 2.37. The number of aryl methyl sites for hydroxylation is 1. The lowest BCUT2D eigenvalue weighted by molar-refractivity contribution is -0.131. The minimum absolute atomic E-state index is 0.564. The molecule has 0 fully saturated rings. The number of benzene rings is 2. The van der Waals surface area contributed by atoms with E-state index in [2.05, 4.69) is 28.1 Å². The Morgan fingerprint density at radius 1 is 1.25 bits per heavy atom. The molecule has 24 heavy (non-hydrogen) atoms. The number of hydrogen-bond acceptors (Lipinski definition) is 3. The molecule has 0 unspecified atom stereocenters. The first-order valence-electron chi connectivity index (χ1n) is 7.55. The molecule has 0 heterocycles. The average Bonchev–Trinajstić information content (AvgIpc) is 2.58. The lowest BCUT2D eigenvalue weighted by atomic mass is 10.1. The molecule has 0 spiro atoms. The smallest absolute Gasteiger partial charge is 0.328 e. The highest BCUT2D eigenvalue weighted by atomic mass is 79.9. The van der Waals surface area contributed by atoms with Gasteiger partial charge in [-0.05, 0) is 58.1 Å². The van der Waals surface area contributed by atoms with E-state index in [1.807, 2.05) is 18.2 Å². The van der Waals surface area contributed by atoms with Crippen molar-refractivity contribution < 1.29 is 19.4 Å². The number of carbonyl (C=O) groups is 1. The van der Waals surface area contributed by atoms with Crippen molar-refractivity contribution in [2.24, 2.45) is 0 Å². The summed E-state index contributed by atoms with van der Waals surface area (Å²) in [6.07, 6.45) is 4.43. The van der Waals surface area contributed by atoms with Gasteiger partial charge in [-0.3, -0.25) is 0 Å². The minimum Gasteiger partial charge on any atom is -0.493 e. The monoisotopic (exact) mass is 390 g/mol. The van der Waals surface area contributed by atoms with Crippen molar-refractivity contribution >= 4 is 28.0 Å². The van der Waals surface area contributed by atoms with Crippen LogP contribution < -0.4 is 9.47 Å². The topological polar surface area (TPSA) is 55.8 Å². The maximum absolute atomic E-state index is 10.6. The molecule has 0 radical (unpaired) electrons. The van der Waals surface area contributed by atoms with Crippen molar-refractivity contribution in [3.05, 3.63) is 64.1 Å². The largest absolute Gasteiger partial charge is 0.493 e. The number of carboxylic acids is 1. The Hall–Kier alpha value is -2.27. The molecule has 0 saturated heterocycles. The zero-order chi connectivity index (χ0) is 17.4. The van der Waals surface area contributed by atoms with E-state index in [1.54, 1.807) is 19.2 Å². The van der Waals surface area contributed by atoms with Gasteiger partial charge in [-0.1, -0.05) is 30.3 Å². The summed E-state index contributed by atoms with van der Waals surface area (Å²) in [7, 11) is 1.56. The lowest BCUT2D eigenvalue weighted by Crippen LogP contribution is -2.02. The van der Waals surface area contributed by atoms with E-state index in [1.165, 1.54) is 11.6 Å². The Bertz CT molecular complexity index is 711. The van der Waals surface area contributed by atoms with E-state index in [-0.39, 0.29) is 0 Å². The van der Waals surface area contributed by atoms with E-state index in [4.69, 9.17) is 14.6 Å². The number of methoxy groups -OCH3 is 1. The molecular weight excluding hydrogens is 372 g/mol. The van der Waals surface area contributed by atoms with Gasteiger partial charge < -0.3 is 14.6 Å². The molecule has 126 valence electrons. The SMILES string of the molecule is COc1cc(/C=C/C(=O)O)cc(Br)c1OCCCc1ccccc1. The van der Waals surface area contributed by atoms with Crippen LogP contribution in [0.3, 0.4) is 0 Å². The zero-order valence-electron chi connectivity index (χ0n) is 13.4. The second-order valence-electron chi connectivity index (χ2n) is 5.14. The number of carboxylic acid groups (broad SMARTS) is 1. The summed E-state index contributed by atoms with van der Waals surface area (Å²) in [6, 6.07) is 13.8. The molecule has 0 aliphatic heterocycles. The summed E-state index contributed by atoms with van der Waals surface area (Å²) in [5.41, 5.74) is 2.00. The fourth-order valence-corrected chi connectivity index (χ4v) is 2.81. The number of hydrogen-bond donors (Lipinski definition) is 1. The normalized spacial score (nSPS) is 10.8. The zero-order valence-corrected chi connectivity index (χ0v) is 15.0. The Morgan fingerprint density at radius 3 is 2.67 bits per heavy atom. The molecule has 2 rings (SSSR count). The predicted octanol–water partition coefficient (Wildman–Crippen LogP) is 4.57. The third-order valence-corrected chi connectivity index (χ3v) is 3.96. The number of aliphatic carboxylic acids is 1. The van der Waals surface area contributed by atoms with Crippen molar-refractivity contribution in [1.29, 1.82) is 0 Å². The molecule has 0 aromatic heterocycles. The highest BCUT2D eigenvalue weighted by molar-refractivity contribution is 9.10. The molecule has 4 nitrogen and oxygen atoms in total. The Kier molecular flexibility index (Phi) is 6.88. The first-order valence-corrected chi connectivity index (χ1v) is 8.34. The summed E-state index contributed by atoms with van der Waals surface area (Å²) >= 11 is 3.46. The molecule has 0 bridgehead atoms. The van der Waals surface area contributed by atoms with Crippen LogP contribution in [0.1, 0.15) is 17.5 Å². The van der Waals surface area contributed by atoms with E-state index >= 15 is 0 Å². The van der Waals surface area contributed by atoms with E-state index in [0.29, 0.717) is 18.1 Å². The summed E-state index contributed by atoms with van der Waals surface area (Å²) in [6.45, 7) is 0.564. The standard InChI is InChI=1S/C19H19BrO4/c1-23-17-13-15(9-10-18(21)22)12-16(20)19(17)24-11-5-8-14-6-3-2-4-7-14/h2-4,6-7,9-10,12-13H,5,8,11H2,1H3,(H,21,22)/b10-9+. The highest BCUT2D eigenvalue weighted by Gasteiger charge is 2.11. The summed E-state index contributed by atoms with van der Waals surface area (Å²) in [5.74, 6) is 0.193. The van der Waals surface area contributed by atoms with E-state index in [0.717, 1.165) is 29.0 Å². The second kappa shape index (κ2) is 9.13. The van der Waals surface area contributed by atoms with Gasteiger partial charge in [-0.25, -0.2) is 4.79 Å². The first kappa shape index (κ1) is 18.1. The molecular formula is C19H19BrO4. The third-order valence-electron chi connectivity index (χ3n) is 3.37. The van der Waals surface area contributed by atoms with Gasteiger partial charge in [0.15, 0.2) is 11.5 Å². The maximum atomic E-state index is 10.6. The Labute approximate surface area is 149 Å². The van der Waals surface area contributed by atoms with Gasteiger partial charge >= 0.3 is 5.97 Å². The molecule has 0 aliphatic rings. The van der Waals surface area contributed by atoms with Crippen molar-refractivity contribution in [2.45, 2.75) is 12.8 Å². The minimum atomic E-state index is -0.994. The predicted molar refractivity (Wildman–Crippen MR) is 97.6 cm³/mol. The number of halogens is 1.